The van der Waals surface area contributed by atoms with Gasteiger partial charge in [0, 0.05) is 25.9 Å². The molecule has 1 N–H and O–H groups in total. The highest BCUT2D eigenvalue weighted by molar-refractivity contribution is 5.50. The number of nitrogens with zero attached hydrogens (tertiary/aromatic N) is 4. The molecule has 0 bridgehead atoms. The smallest absolute Gasteiger partial charge is 0.230 e. The fraction of sp³-hybridized carbons (Fsp3) is 0.462. The Labute approximate surface area is 112 Å². The van der Waals surface area contributed by atoms with Crippen LogP contribution in [-0.4, -0.2) is 28.7 Å². The monoisotopic (exact) mass is 261 g/mol. The third kappa shape index (κ3) is 3.67. The summed E-state index contributed by atoms with van der Waals surface area (Å²) >= 11 is 0. The lowest BCUT2D eigenvalue weighted by Gasteiger charge is -2.17. The van der Waals surface area contributed by atoms with Crippen molar-refractivity contribution in [2.75, 3.05) is 23.8 Å². The zero-order chi connectivity index (χ0) is 13.7. The van der Waals surface area contributed by atoms with E-state index in [9.17, 15) is 0 Å². The average Bonchev–Trinajstić information content (AvgIpc) is 2.81. The van der Waals surface area contributed by atoms with E-state index in [0.29, 0.717) is 11.8 Å². The summed E-state index contributed by atoms with van der Waals surface area (Å²) in [6.07, 6.45) is 4.05. The van der Waals surface area contributed by atoms with E-state index < -0.39 is 0 Å². The third-order valence-electron chi connectivity index (χ3n) is 2.75. The summed E-state index contributed by atoms with van der Waals surface area (Å²) in [5.74, 6) is 2.78. The molecule has 0 aliphatic carbocycles. The molecule has 102 valence electrons. The van der Waals surface area contributed by atoms with Gasteiger partial charge in [-0.05, 0) is 19.4 Å². The normalized spacial score (nSPS) is 10.5. The predicted octanol–water partition coefficient (Wildman–Crippen LogP) is 2.75. The van der Waals surface area contributed by atoms with Crippen LogP contribution >= 0.6 is 0 Å². The summed E-state index contributed by atoms with van der Waals surface area (Å²) in [7, 11) is 2.03. The van der Waals surface area contributed by atoms with Crippen LogP contribution in [0.5, 0.6) is 0 Å². The number of hydrogen-bond donors (Lipinski definition) is 1. The Morgan fingerprint density at radius 1 is 1.42 bits per heavy atom. The van der Waals surface area contributed by atoms with Gasteiger partial charge in [-0.2, -0.15) is 4.98 Å². The molecule has 0 spiro atoms. The van der Waals surface area contributed by atoms with Crippen molar-refractivity contribution in [3.8, 4) is 0 Å². The van der Waals surface area contributed by atoms with Crippen molar-refractivity contribution in [3.63, 3.8) is 0 Å². The maximum atomic E-state index is 4.99. The van der Waals surface area contributed by atoms with E-state index in [2.05, 4.69) is 32.3 Å². The van der Waals surface area contributed by atoms with E-state index in [1.807, 2.05) is 20.0 Å². The minimum Gasteiger partial charge on any atom is -0.360 e. The van der Waals surface area contributed by atoms with Crippen LogP contribution < -0.4 is 10.2 Å². The SMILES string of the molecule is CCCCN(C)c1ccnc(Nc2cc(C)on2)n1. The number of hydrogen-bond acceptors (Lipinski definition) is 6. The van der Waals surface area contributed by atoms with Gasteiger partial charge in [-0.15, -0.1) is 0 Å². The van der Waals surface area contributed by atoms with Crippen molar-refractivity contribution >= 4 is 17.6 Å². The molecule has 0 aliphatic rings. The molecule has 0 unspecified atom stereocenters. The van der Waals surface area contributed by atoms with Crippen LogP contribution in [0.2, 0.25) is 0 Å². The Bertz CT molecular complexity index is 525. The minimum atomic E-state index is 0.522. The average molecular weight is 261 g/mol. The first-order chi connectivity index (χ1) is 9.19. The fourth-order valence-corrected chi connectivity index (χ4v) is 1.67. The molecule has 2 heterocycles. The zero-order valence-corrected chi connectivity index (χ0v) is 11.6. The lowest BCUT2D eigenvalue weighted by Crippen LogP contribution is -2.19. The molecule has 2 rings (SSSR count). The summed E-state index contributed by atoms with van der Waals surface area (Å²) in [5, 5.41) is 6.88. The van der Waals surface area contributed by atoms with Gasteiger partial charge in [0.05, 0.1) is 0 Å². The molecular weight excluding hydrogens is 242 g/mol. The van der Waals surface area contributed by atoms with Crippen molar-refractivity contribution in [1.29, 1.82) is 0 Å². The molecule has 19 heavy (non-hydrogen) atoms. The highest BCUT2D eigenvalue weighted by atomic mass is 16.5. The molecule has 0 aliphatic heterocycles. The molecule has 2 aromatic rings. The standard InChI is InChI=1S/C13H19N5O/c1-4-5-8-18(3)12-6-7-14-13(16-12)15-11-9-10(2)19-17-11/h6-7,9H,4-5,8H2,1-3H3,(H,14,15,16,17). The first-order valence-electron chi connectivity index (χ1n) is 6.43. The van der Waals surface area contributed by atoms with Crippen LogP contribution in [0.4, 0.5) is 17.6 Å². The second-order valence-corrected chi connectivity index (χ2v) is 4.46. The summed E-state index contributed by atoms with van der Waals surface area (Å²) in [5.41, 5.74) is 0. The van der Waals surface area contributed by atoms with Crippen LogP contribution in [0.15, 0.2) is 22.9 Å². The van der Waals surface area contributed by atoms with Crippen LogP contribution in [0.3, 0.4) is 0 Å². The second-order valence-electron chi connectivity index (χ2n) is 4.46. The van der Waals surface area contributed by atoms with Gasteiger partial charge in [0.2, 0.25) is 5.95 Å². The van der Waals surface area contributed by atoms with Crippen LogP contribution in [-0.2, 0) is 0 Å². The van der Waals surface area contributed by atoms with Gasteiger partial charge in [-0.3, -0.25) is 0 Å². The number of aromatic nitrogens is 3. The van der Waals surface area contributed by atoms with Gasteiger partial charge in [0.25, 0.3) is 0 Å². The molecule has 6 heteroatoms. The van der Waals surface area contributed by atoms with Crippen LogP contribution in [0, 0.1) is 6.92 Å². The largest absolute Gasteiger partial charge is 0.360 e. The molecule has 0 aromatic carbocycles. The summed E-state index contributed by atoms with van der Waals surface area (Å²) in [6.45, 7) is 5.00. The van der Waals surface area contributed by atoms with E-state index in [1.165, 1.54) is 6.42 Å². The molecule has 0 saturated carbocycles. The first-order valence-corrected chi connectivity index (χ1v) is 6.43. The topological polar surface area (TPSA) is 67.1 Å². The maximum Gasteiger partial charge on any atom is 0.230 e. The molecule has 0 radical (unpaired) electrons. The van der Waals surface area contributed by atoms with E-state index in [0.717, 1.165) is 24.5 Å². The van der Waals surface area contributed by atoms with Crippen molar-refractivity contribution in [1.82, 2.24) is 15.1 Å². The van der Waals surface area contributed by atoms with E-state index in [1.54, 1.807) is 12.3 Å². The van der Waals surface area contributed by atoms with E-state index >= 15 is 0 Å². The molecule has 0 atom stereocenters. The van der Waals surface area contributed by atoms with Gasteiger partial charge < -0.3 is 14.7 Å². The van der Waals surface area contributed by atoms with E-state index in [-0.39, 0.29) is 0 Å². The van der Waals surface area contributed by atoms with Gasteiger partial charge in [0.1, 0.15) is 11.6 Å². The maximum absolute atomic E-state index is 4.99. The fourth-order valence-electron chi connectivity index (χ4n) is 1.67. The number of aryl methyl sites for hydroxylation is 1. The Morgan fingerprint density at radius 2 is 2.26 bits per heavy atom. The van der Waals surface area contributed by atoms with Crippen molar-refractivity contribution in [2.24, 2.45) is 0 Å². The highest BCUT2D eigenvalue weighted by Gasteiger charge is 2.06. The first kappa shape index (κ1) is 13.3. The Balaban J connectivity index is 2.06. The molecule has 2 aromatic heterocycles. The van der Waals surface area contributed by atoms with Crippen molar-refractivity contribution < 1.29 is 4.52 Å². The minimum absolute atomic E-state index is 0.522. The molecule has 0 saturated heterocycles. The number of unbranched alkanes of at least 4 members (excludes halogenated alkanes) is 1. The van der Waals surface area contributed by atoms with Crippen molar-refractivity contribution in [2.45, 2.75) is 26.7 Å². The van der Waals surface area contributed by atoms with Crippen LogP contribution in [0.1, 0.15) is 25.5 Å². The van der Waals surface area contributed by atoms with Gasteiger partial charge >= 0.3 is 0 Å². The van der Waals surface area contributed by atoms with Gasteiger partial charge in [-0.25, -0.2) is 4.98 Å². The molecular formula is C13H19N5O. The number of nitrogens with one attached hydrogen (secondary N) is 1. The third-order valence-corrected chi connectivity index (χ3v) is 2.75. The summed E-state index contributed by atoms with van der Waals surface area (Å²) in [6, 6.07) is 3.70. The van der Waals surface area contributed by atoms with Gasteiger partial charge in [0.15, 0.2) is 5.82 Å². The van der Waals surface area contributed by atoms with Gasteiger partial charge in [-0.1, -0.05) is 18.5 Å². The quantitative estimate of drug-likeness (QED) is 0.862. The predicted molar refractivity (Wildman–Crippen MR) is 74.7 cm³/mol. The van der Waals surface area contributed by atoms with Crippen LogP contribution in [0.25, 0.3) is 0 Å². The number of rotatable bonds is 6. The summed E-state index contributed by atoms with van der Waals surface area (Å²) in [4.78, 5) is 10.7. The van der Waals surface area contributed by atoms with E-state index in [4.69, 9.17) is 4.52 Å². The van der Waals surface area contributed by atoms with Crippen molar-refractivity contribution in [3.05, 3.63) is 24.1 Å². The highest BCUT2D eigenvalue weighted by Crippen LogP contribution is 2.15. The number of anilines is 3. The lowest BCUT2D eigenvalue weighted by molar-refractivity contribution is 0.400. The lowest BCUT2D eigenvalue weighted by atomic mass is 10.3. The molecule has 0 amide bonds. The summed E-state index contributed by atoms with van der Waals surface area (Å²) < 4.78 is 4.99. The molecule has 0 fully saturated rings. The second kappa shape index (κ2) is 6.17. The Hall–Kier alpha value is -2.11. The zero-order valence-electron chi connectivity index (χ0n) is 11.6. The Kier molecular flexibility index (Phi) is 4.33. The molecule has 6 nitrogen and oxygen atoms in total. The Morgan fingerprint density at radius 3 is 2.95 bits per heavy atom.